The number of nitrogens with zero attached hydrogens (tertiary/aromatic N) is 1. The molecule has 1 atom stereocenters. The van der Waals surface area contributed by atoms with E-state index in [4.69, 9.17) is 0 Å². The molecule has 1 N–H and O–H groups in total. The molecule has 2 nitrogen and oxygen atoms in total. The summed E-state index contributed by atoms with van der Waals surface area (Å²) in [6, 6.07) is 9.78. The fourth-order valence-corrected chi connectivity index (χ4v) is 3.37. The number of hydrogen-bond donors (Lipinski definition) is 1. The highest BCUT2D eigenvalue weighted by molar-refractivity contribution is 5.27. The monoisotopic (exact) mass is 272 g/mol. The molecule has 2 aliphatic rings. The Hall–Kier alpha value is -0.860. The van der Waals surface area contributed by atoms with Crippen molar-refractivity contribution in [2.24, 2.45) is 5.92 Å². The summed E-state index contributed by atoms with van der Waals surface area (Å²) < 4.78 is 0. The lowest BCUT2D eigenvalue weighted by Gasteiger charge is -2.18. The first kappa shape index (κ1) is 14.1. The Labute approximate surface area is 123 Å². The van der Waals surface area contributed by atoms with E-state index in [0.717, 1.165) is 25.0 Å². The van der Waals surface area contributed by atoms with Gasteiger partial charge in [-0.05, 0) is 49.3 Å². The molecule has 110 valence electrons. The molecular weight excluding hydrogens is 244 g/mol. The Balaban J connectivity index is 1.56. The van der Waals surface area contributed by atoms with Crippen molar-refractivity contribution in [1.29, 1.82) is 0 Å². The summed E-state index contributed by atoms with van der Waals surface area (Å²) in [5, 5.41) is 3.65. The molecule has 1 aromatic carbocycles. The predicted molar refractivity (Wildman–Crippen MR) is 84.6 cm³/mol. The van der Waals surface area contributed by atoms with Crippen molar-refractivity contribution in [3.05, 3.63) is 35.4 Å². The number of nitrogens with one attached hydrogen (secondary N) is 1. The number of likely N-dealkylation sites (tertiary alicyclic amines) is 1. The van der Waals surface area contributed by atoms with E-state index in [2.05, 4.69) is 41.4 Å². The summed E-state index contributed by atoms with van der Waals surface area (Å²) in [5.41, 5.74) is 3.02. The van der Waals surface area contributed by atoms with Gasteiger partial charge in [-0.15, -0.1) is 0 Å². The largest absolute Gasteiger partial charge is 0.310 e. The quantitative estimate of drug-likeness (QED) is 0.816. The Bertz CT molecular complexity index is 425. The third-order valence-corrected chi connectivity index (χ3v) is 4.74. The molecule has 1 heterocycles. The Morgan fingerprint density at radius 1 is 1.15 bits per heavy atom. The molecule has 1 saturated carbocycles. The van der Waals surface area contributed by atoms with Gasteiger partial charge in [-0.1, -0.05) is 37.6 Å². The summed E-state index contributed by atoms with van der Waals surface area (Å²) >= 11 is 0. The molecule has 3 rings (SSSR count). The minimum atomic E-state index is 0.795. The number of benzene rings is 1. The summed E-state index contributed by atoms with van der Waals surface area (Å²) in [4.78, 5) is 2.65. The highest BCUT2D eigenvalue weighted by Crippen LogP contribution is 2.24. The van der Waals surface area contributed by atoms with Crippen LogP contribution in [0.15, 0.2) is 24.3 Å². The van der Waals surface area contributed by atoms with Gasteiger partial charge >= 0.3 is 0 Å². The van der Waals surface area contributed by atoms with Gasteiger partial charge in [0.2, 0.25) is 0 Å². The average molecular weight is 272 g/mol. The van der Waals surface area contributed by atoms with E-state index in [0.29, 0.717) is 0 Å². The van der Waals surface area contributed by atoms with Crippen LogP contribution in [-0.4, -0.2) is 24.0 Å². The SMILES string of the molecule is CCCC1CCN(Cc2ccccc2CNC2CC2)C1. The van der Waals surface area contributed by atoms with Crippen LogP contribution in [0.1, 0.15) is 50.2 Å². The molecule has 20 heavy (non-hydrogen) atoms. The van der Waals surface area contributed by atoms with E-state index in [-0.39, 0.29) is 0 Å². The molecule has 2 fully saturated rings. The standard InChI is InChI=1S/C18H28N2/c1-2-5-15-10-11-20(13-15)14-17-7-4-3-6-16(17)12-19-18-8-9-18/h3-4,6-7,15,18-19H,2,5,8-14H2,1H3. The Kier molecular flexibility index (Phi) is 4.74. The fraction of sp³-hybridized carbons (Fsp3) is 0.667. The van der Waals surface area contributed by atoms with Crippen molar-refractivity contribution in [2.75, 3.05) is 13.1 Å². The maximum Gasteiger partial charge on any atom is 0.0237 e. The number of rotatable bonds is 7. The lowest BCUT2D eigenvalue weighted by molar-refractivity contribution is 0.311. The maximum atomic E-state index is 3.65. The molecule has 1 aliphatic heterocycles. The second kappa shape index (κ2) is 6.73. The lowest BCUT2D eigenvalue weighted by atomic mass is 10.0. The number of hydrogen-bond acceptors (Lipinski definition) is 2. The molecule has 0 amide bonds. The smallest absolute Gasteiger partial charge is 0.0237 e. The van der Waals surface area contributed by atoms with Crippen LogP contribution < -0.4 is 5.32 Å². The molecule has 0 aromatic heterocycles. The van der Waals surface area contributed by atoms with Crippen molar-refractivity contribution < 1.29 is 0 Å². The van der Waals surface area contributed by atoms with Crippen LogP contribution in [0, 0.1) is 5.92 Å². The van der Waals surface area contributed by atoms with Gasteiger partial charge in [0.05, 0.1) is 0 Å². The zero-order valence-corrected chi connectivity index (χ0v) is 12.8. The van der Waals surface area contributed by atoms with E-state index in [9.17, 15) is 0 Å². The van der Waals surface area contributed by atoms with E-state index >= 15 is 0 Å². The molecular formula is C18H28N2. The molecule has 1 unspecified atom stereocenters. The normalized spacial score (nSPS) is 23.4. The second-order valence-corrected chi connectivity index (χ2v) is 6.60. The molecule has 0 radical (unpaired) electrons. The van der Waals surface area contributed by atoms with Crippen LogP contribution in [0.25, 0.3) is 0 Å². The third-order valence-electron chi connectivity index (χ3n) is 4.74. The highest BCUT2D eigenvalue weighted by atomic mass is 15.1. The van der Waals surface area contributed by atoms with E-state index in [1.54, 1.807) is 0 Å². The second-order valence-electron chi connectivity index (χ2n) is 6.60. The van der Waals surface area contributed by atoms with Gasteiger partial charge in [-0.2, -0.15) is 0 Å². The van der Waals surface area contributed by atoms with Crippen molar-refractivity contribution in [1.82, 2.24) is 10.2 Å². The zero-order valence-electron chi connectivity index (χ0n) is 12.8. The van der Waals surface area contributed by atoms with E-state index in [1.165, 1.54) is 56.3 Å². The van der Waals surface area contributed by atoms with Gasteiger partial charge in [0.1, 0.15) is 0 Å². The molecule has 0 bridgehead atoms. The van der Waals surface area contributed by atoms with Gasteiger partial charge in [-0.25, -0.2) is 0 Å². The summed E-state index contributed by atoms with van der Waals surface area (Å²) in [5.74, 6) is 0.941. The fourth-order valence-electron chi connectivity index (χ4n) is 3.37. The lowest BCUT2D eigenvalue weighted by Crippen LogP contribution is -2.22. The van der Waals surface area contributed by atoms with Gasteiger partial charge in [0.25, 0.3) is 0 Å². The van der Waals surface area contributed by atoms with Crippen LogP contribution in [0.2, 0.25) is 0 Å². The van der Waals surface area contributed by atoms with Crippen LogP contribution >= 0.6 is 0 Å². The van der Waals surface area contributed by atoms with Gasteiger partial charge in [0.15, 0.2) is 0 Å². The summed E-state index contributed by atoms with van der Waals surface area (Å²) in [6.45, 7) is 7.09. The van der Waals surface area contributed by atoms with Crippen molar-refractivity contribution in [2.45, 2.75) is 58.2 Å². The minimum absolute atomic E-state index is 0.795. The Morgan fingerprint density at radius 3 is 2.70 bits per heavy atom. The predicted octanol–water partition coefficient (Wildman–Crippen LogP) is 3.56. The third kappa shape index (κ3) is 3.83. The first-order valence-electron chi connectivity index (χ1n) is 8.37. The minimum Gasteiger partial charge on any atom is -0.310 e. The van der Waals surface area contributed by atoms with Gasteiger partial charge < -0.3 is 5.32 Å². The molecule has 1 aliphatic carbocycles. The molecule has 1 saturated heterocycles. The molecule has 2 heteroatoms. The van der Waals surface area contributed by atoms with Gasteiger partial charge in [0, 0.05) is 25.7 Å². The first-order chi connectivity index (χ1) is 9.85. The van der Waals surface area contributed by atoms with Crippen LogP contribution in [0.4, 0.5) is 0 Å². The van der Waals surface area contributed by atoms with E-state index in [1.807, 2.05) is 0 Å². The molecule has 0 spiro atoms. The topological polar surface area (TPSA) is 15.3 Å². The highest BCUT2D eigenvalue weighted by Gasteiger charge is 2.23. The van der Waals surface area contributed by atoms with Crippen molar-refractivity contribution in [3.63, 3.8) is 0 Å². The van der Waals surface area contributed by atoms with Crippen LogP contribution in [0.5, 0.6) is 0 Å². The average Bonchev–Trinajstić information content (AvgIpc) is 3.19. The van der Waals surface area contributed by atoms with Gasteiger partial charge in [-0.3, -0.25) is 4.90 Å². The van der Waals surface area contributed by atoms with Crippen molar-refractivity contribution >= 4 is 0 Å². The Morgan fingerprint density at radius 2 is 1.95 bits per heavy atom. The van der Waals surface area contributed by atoms with Crippen LogP contribution in [-0.2, 0) is 13.1 Å². The van der Waals surface area contributed by atoms with Crippen molar-refractivity contribution in [3.8, 4) is 0 Å². The maximum absolute atomic E-state index is 3.65. The van der Waals surface area contributed by atoms with Crippen LogP contribution in [0.3, 0.4) is 0 Å². The summed E-state index contributed by atoms with van der Waals surface area (Å²) in [7, 11) is 0. The van der Waals surface area contributed by atoms with E-state index < -0.39 is 0 Å². The molecule has 1 aromatic rings. The summed E-state index contributed by atoms with van der Waals surface area (Å²) in [6.07, 6.45) is 6.87. The first-order valence-corrected chi connectivity index (χ1v) is 8.37. The zero-order chi connectivity index (χ0) is 13.8.